The topological polar surface area (TPSA) is 84.9 Å². The van der Waals surface area contributed by atoms with Crippen molar-refractivity contribution in [2.24, 2.45) is 11.8 Å². The molecule has 1 aliphatic heterocycles. The first-order valence-electron chi connectivity index (χ1n) is 8.29. The summed E-state index contributed by atoms with van der Waals surface area (Å²) in [6, 6.07) is 7.34. The second-order valence-electron chi connectivity index (χ2n) is 6.12. The van der Waals surface area contributed by atoms with Crippen molar-refractivity contribution >= 4 is 11.9 Å². The Kier molecular flexibility index (Phi) is 7.06. The molecular weight excluding hydrogens is 310 g/mol. The van der Waals surface area contributed by atoms with E-state index < -0.39 is 11.9 Å². The van der Waals surface area contributed by atoms with Gasteiger partial charge in [-0.15, -0.1) is 0 Å². The van der Waals surface area contributed by atoms with Crippen LogP contribution >= 0.6 is 0 Å². The molecule has 1 atom stereocenters. The van der Waals surface area contributed by atoms with Gasteiger partial charge in [-0.1, -0.05) is 18.2 Å². The van der Waals surface area contributed by atoms with Gasteiger partial charge in [0.2, 0.25) is 5.91 Å². The van der Waals surface area contributed by atoms with E-state index in [2.05, 4.69) is 5.32 Å². The molecule has 1 saturated heterocycles. The summed E-state index contributed by atoms with van der Waals surface area (Å²) < 4.78 is 10.5. The summed E-state index contributed by atoms with van der Waals surface area (Å²) >= 11 is 0. The summed E-state index contributed by atoms with van der Waals surface area (Å²) in [6.45, 7) is 1.52. The zero-order chi connectivity index (χ0) is 17.4. The minimum absolute atomic E-state index is 0.0897. The molecule has 1 aliphatic rings. The van der Waals surface area contributed by atoms with Crippen LogP contribution in [0, 0.1) is 11.8 Å². The van der Waals surface area contributed by atoms with Crippen LogP contribution in [-0.2, 0) is 20.7 Å². The Labute approximate surface area is 142 Å². The van der Waals surface area contributed by atoms with Crippen LogP contribution in [0.1, 0.15) is 24.8 Å². The normalized spacial score (nSPS) is 16.4. The number of carbonyl (C=O) groups is 2. The van der Waals surface area contributed by atoms with E-state index in [0.29, 0.717) is 37.7 Å². The second-order valence-corrected chi connectivity index (χ2v) is 6.12. The van der Waals surface area contributed by atoms with Crippen LogP contribution in [0.4, 0.5) is 0 Å². The SMILES string of the molecule is COc1ccccc1CC(CNC(=O)CC1CCOCC1)C(=O)O. The average molecular weight is 335 g/mol. The lowest BCUT2D eigenvalue weighted by Crippen LogP contribution is -2.35. The smallest absolute Gasteiger partial charge is 0.308 e. The first-order chi connectivity index (χ1) is 11.6. The van der Waals surface area contributed by atoms with E-state index in [4.69, 9.17) is 9.47 Å². The van der Waals surface area contributed by atoms with Crippen LogP contribution in [0.25, 0.3) is 0 Å². The highest BCUT2D eigenvalue weighted by Crippen LogP contribution is 2.21. The fourth-order valence-corrected chi connectivity index (χ4v) is 2.91. The number of hydrogen-bond donors (Lipinski definition) is 2. The highest BCUT2D eigenvalue weighted by atomic mass is 16.5. The van der Waals surface area contributed by atoms with E-state index in [1.807, 2.05) is 18.2 Å². The van der Waals surface area contributed by atoms with Gasteiger partial charge in [-0.05, 0) is 36.8 Å². The number of carbonyl (C=O) groups excluding carboxylic acids is 1. The summed E-state index contributed by atoms with van der Waals surface area (Å²) in [6.07, 6.45) is 2.52. The van der Waals surface area contributed by atoms with E-state index in [0.717, 1.165) is 18.4 Å². The summed E-state index contributed by atoms with van der Waals surface area (Å²) in [5, 5.41) is 12.2. The maximum Gasteiger partial charge on any atom is 0.308 e. The number of ether oxygens (including phenoxy) is 2. The summed E-state index contributed by atoms with van der Waals surface area (Å²) in [7, 11) is 1.56. The molecule has 6 heteroatoms. The van der Waals surface area contributed by atoms with Gasteiger partial charge in [-0.3, -0.25) is 9.59 Å². The van der Waals surface area contributed by atoms with Gasteiger partial charge in [0, 0.05) is 26.2 Å². The summed E-state index contributed by atoms with van der Waals surface area (Å²) in [4.78, 5) is 23.5. The third kappa shape index (κ3) is 5.53. The number of hydrogen-bond acceptors (Lipinski definition) is 4. The largest absolute Gasteiger partial charge is 0.496 e. The molecule has 0 spiro atoms. The number of amides is 1. The Bertz CT molecular complexity index is 554. The molecule has 0 aliphatic carbocycles. The zero-order valence-electron chi connectivity index (χ0n) is 14.0. The van der Waals surface area contributed by atoms with Crippen LogP contribution < -0.4 is 10.1 Å². The molecule has 0 radical (unpaired) electrons. The minimum atomic E-state index is -0.924. The van der Waals surface area contributed by atoms with Crippen molar-refractivity contribution in [3.8, 4) is 5.75 Å². The molecule has 132 valence electrons. The number of benzene rings is 1. The molecule has 6 nitrogen and oxygen atoms in total. The van der Waals surface area contributed by atoms with Crippen molar-refractivity contribution in [1.82, 2.24) is 5.32 Å². The molecule has 0 aromatic heterocycles. The lowest BCUT2D eigenvalue weighted by molar-refractivity contribution is -0.141. The molecular formula is C18H25NO5. The standard InChI is InChI=1S/C18H25NO5/c1-23-16-5-3-2-4-14(16)11-15(18(21)22)12-19-17(20)10-13-6-8-24-9-7-13/h2-5,13,15H,6-12H2,1H3,(H,19,20)(H,21,22). The van der Waals surface area contributed by atoms with Gasteiger partial charge >= 0.3 is 5.97 Å². The Balaban J connectivity index is 1.86. The van der Waals surface area contributed by atoms with Gasteiger partial charge in [0.1, 0.15) is 5.75 Å². The van der Waals surface area contributed by atoms with Crippen LogP contribution in [-0.4, -0.2) is 43.9 Å². The molecule has 2 rings (SSSR count). The molecule has 24 heavy (non-hydrogen) atoms. The number of carboxylic acid groups (broad SMARTS) is 1. The number of para-hydroxylation sites is 1. The molecule has 1 amide bonds. The van der Waals surface area contributed by atoms with Gasteiger partial charge in [-0.25, -0.2) is 0 Å². The summed E-state index contributed by atoms with van der Waals surface area (Å²) in [5.74, 6) is -0.700. The zero-order valence-corrected chi connectivity index (χ0v) is 14.0. The highest BCUT2D eigenvalue weighted by Gasteiger charge is 2.22. The van der Waals surface area contributed by atoms with E-state index in [-0.39, 0.29) is 12.5 Å². The van der Waals surface area contributed by atoms with Crippen molar-refractivity contribution in [2.75, 3.05) is 26.9 Å². The van der Waals surface area contributed by atoms with Gasteiger partial charge in [-0.2, -0.15) is 0 Å². The molecule has 1 fully saturated rings. The Morgan fingerprint density at radius 2 is 2.04 bits per heavy atom. The third-order valence-electron chi connectivity index (χ3n) is 4.37. The number of aliphatic carboxylic acids is 1. The molecule has 0 saturated carbocycles. The second kappa shape index (κ2) is 9.27. The quantitative estimate of drug-likeness (QED) is 0.757. The first-order valence-corrected chi connectivity index (χ1v) is 8.29. The summed E-state index contributed by atoms with van der Waals surface area (Å²) in [5.41, 5.74) is 0.825. The minimum Gasteiger partial charge on any atom is -0.496 e. The van der Waals surface area contributed by atoms with E-state index in [1.54, 1.807) is 13.2 Å². The van der Waals surface area contributed by atoms with E-state index in [1.165, 1.54) is 0 Å². The molecule has 1 heterocycles. The highest BCUT2D eigenvalue weighted by molar-refractivity contribution is 5.77. The lowest BCUT2D eigenvalue weighted by Gasteiger charge is -2.22. The first kappa shape index (κ1) is 18.3. The Morgan fingerprint density at radius 1 is 1.33 bits per heavy atom. The van der Waals surface area contributed by atoms with Crippen molar-refractivity contribution in [2.45, 2.75) is 25.7 Å². The number of carboxylic acids is 1. The van der Waals surface area contributed by atoms with Crippen LogP contribution in [0.5, 0.6) is 5.75 Å². The molecule has 2 N–H and O–H groups in total. The molecule has 1 aromatic rings. The lowest BCUT2D eigenvalue weighted by atomic mass is 9.95. The van der Waals surface area contributed by atoms with Gasteiger partial charge < -0.3 is 19.9 Å². The van der Waals surface area contributed by atoms with Gasteiger partial charge in [0.15, 0.2) is 0 Å². The van der Waals surface area contributed by atoms with Crippen LogP contribution in [0.3, 0.4) is 0 Å². The van der Waals surface area contributed by atoms with Crippen molar-refractivity contribution in [3.05, 3.63) is 29.8 Å². The third-order valence-corrected chi connectivity index (χ3v) is 4.37. The van der Waals surface area contributed by atoms with E-state index in [9.17, 15) is 14.7 Å². The number of nitrogens with one attached hydrogen (secondary N) is 1. The Morgan fingerprint density at radius 3 is 2.71 bits per heavy atom. The number of rotatable bonds is 8. The maximum atomic E-state index is 12.0. The molecule has 0 bridgehead atoms. The fourth-order valence-electron chi connectivity index (χ4n) is 2.91. The van der Waals surface area contributed by atoms with Crippen molar-refractivity contribution < 1.29 is 24.2 Å². The van der Waals surface area contributed by atoms with Gasteiger partial charge in [0.25, 0.3) is 0 Å². The van der Waals surface area contributed by atoms with Crippen molar-refractivity contribution in [3.63, 3.8) is 0 Å². The van der Waals surface area contributed by atoms with Crippen molar-refractivity contribution in [1.29, 1.82) is 0 Å². The monoisotopic (exact) mass is 335 g/mol. The molecule has 1 unspecified atom stereocenters. The van der Waals surface area contributed by atoms with Crippen LogP contribution in [0.2, 0.25) is 0 Å². The average Bonchev–Trinajstić information content (AvgIpc) is 2.59. The number of methoxy groups -OCH3 is 1. The maximum absolute atomic E-state index is 12.0. The fraction of sp³-hybridized carbons (Fsp3) is 0.556. The Hall–Kier alpha value is -2.08. The van der Waals surface area contributed by atoms with E-state index >= 15 is 0 Å². The predicted molar refractivity (Wildman–Crippen MR) is 89.0 cm³/mol. The van der Waals surface area contributed by atoms with Crippen LogP contribution in [0.15, 0.2) is 24.3 Å². The van der Waals surface area contributed by atoms with Gasteiger partial charge in [0.05, 0.1) is 13.0 Å². The predicted octanol–water partition coefficient (Wildman–Crippen LogP) is 1.87. The molecule has 1 aromatic carbocycles.